The zero-order chi connectivity index (χ0) is 7.56. The molecule has 1 aliphatic heterocycles. The van der Waals surface area contributed by atoms with Crippen molar-refractivity contribution in [1.29, 1.82) is 0 Å². The molecule has 0 bridgehead atoms. The third-order valence-electron chi connectivity index (χ3n) is 1.73. The van der Waals surface area contributed by atoms with E-state index in [0.717, 1.165) is 19.5 Å². The first-order chi connectivity index (χ1) is 4.72. The molecule has 1 fully saturated rings. The van der Waals surface area contributed by atoms with Gasteiger partial charge in [0.1, 0.15) is 0 Å². The zero-order valence-electron chi connectivity index (χ0n) is 6.09. The van der Waals surface area contributed by atoms with Gasteiger partial charge in [0.15, 0.2) is 0 Å². The molecule has 1 saturated heterocycles. The van der Waals surface area contributed by atoms with Crippen molar-refractivity contribution in [2.24, 2.45) is 5.73 Å². The molecule has 0 spiro atoms. The Morgan fingerprint density at radius 2 is 2.30 bits per heavy atom. The van der Waals surface area contributed by atoms with Crippen molar-refractivity contribution in [1.82, 2.24) is 3.11 Å². The minimum absolute atomic E-state index is 0.288. The summed E-state index contributed by atoms with van der Waals surface area (Å²) in [4.78, 5) is 0. The summed E-state index contributed by atoms with van der Waals surface area (Å²) in [5, 5.41) is 0. The van der Waals surface area contributed by atoms with Crippen molar-refractivity contribution < 1.29 is 4.74 Å². The van der Waals surface area contributed by atoms with Crippen molar-refractivity contribution >= 4 is 22.9 Å². The summed E-state index contributed by atoms with van der Waals surface area (Å²) in [6.07, 6.45) is 1.33. The van der Waals surface area contributed by atoms with E-state index < -0.39 is 0 Å². The summed E-state index contributed by atoms with van der Waals surface area (Å²) in [6, 6.07) is 0.288. The molecule has 0 aromatic heterocycles. The van der Waals surface area contributed by atoms with E-state index in [2.05, 4.69) is 26.0 Å². The molecule has 0 amide bonds. The van der Waals surface area contributed by atoms with E-state index >= 15 is 0 Å². The first-order valence-electron chi connectivity index (χ1n) is 3.41. The van der Waals surface area contributed by atoms with Gasteiger partial charge in [0.25, 0.3) is 0 Å². The normalized spacial score (nSPS) is 36.3. The van der Waals surface area contributed by atoms with Gasteiger partial charge < -0.3 is 10.5 Å². The van der Waals surface area contributed by atoms with E-state index in [1.54, 1.807) is 7.11 Å². The topological polar surface area (TPSA) is 38.5 Å². The van der Waals surface area contributed by atoms with Crippen LogP contribution in [-0.4, -0.2) is 35.5 Å². The molecule has 2 atom stereocenters. The van der Waals surface area contributed by atoms with Gasteiger partial charge >= 0.3 is 0 Å². The average Bonchev–Trinajstić information content (AvgIpc) is 1.85. The van der Waals surface area contributed by atoms with Gasteiger partial charge in [-0.2, -0.15) is 0 Å². The fraction of sp³-hybridized carbons (Fsp3) is 1.00. The second-order valence-corrected chi connectivity index (χ2v) is 4.05. The van der Waals surface area contributed by atoms with Crippen LogP contribution in [0.4, 0.5) is 0 Å². The van der Waals surface area contributed by atoms with E-state index in [9.17, 15) is 0 Å². The maximum Gasteiger partial charge on any atom is 0.0721 e. The highest BCUT2D eigenvalue weighted by atomic mass is 127. The number of hydrogen-bond donors (Lipinski definition) is 1. The predicted molar refractivity (Wildman–Crippen MR) is 49.0 cm³/mol. The minimum Gasteiger partial charge on any atom is -0.380 e. The molecular weight excluding hydrogens is 243 g/mol. The summed E-state index contributed by atoms with van der Waals surface area (Å²) >= 11 is 2.28. The Balaban J connectivity index is 2.35. The number of nitrogens with zero attached hydrogens (tertiary/aromatic N) is 1. The quantitative estimate of drug-likeness (QED) is 0.544. The van der Waals surface area contributed by atoms with Crippen molar-refractivity contribution in [2.45, 2.75) is 18.6 Å². The lowest BCUT2D eigenvalue weighted by Gasteiger charge is -2.31. The summed E-state index contributed by atoms with van der Waals surface area (Å²) in [5.74, 6) is 0. The molecule has 0 aromatic carbocycles. The molecule has 1 rings (SSSR count). The first-order valence-corrected chi connectivity index (χ1v) is 4.38. The molecule has 1 aliphatic rings. The van der Waals surface area contributed by atoms with E-state index in [1.165, 1.54) is 0 Å². The van der Waals surface area contributed by atoms with E-state index in [0.29, 0.717) is 6.10 Å². The van der Waals surface area contributed by atoms with Gasteiger partial charge in [-0.3, -0.25) is 0 Å². The van der Waals surface area contributed by atoms with Crippen LogP contribution < -0.4 is 5.73 Å². The monoisotopic (exact) mass is 256 g/mol. The third kappa shape index (κ3) is 2.34. The average molecular weight is 256 g/mol. The van der Waals surface area contributed by atoms with E-state index in [-0.39, 0.29) is 6.04 Å². The highest BCUT2D eigenvalue weighted by molar-refractivity contribution is 14.1. The Morgan fingerprint density at radius 3 is 2.80 bits per heavy atom. The molecule has 1 heterocycles. The molecule has 4 heteroatoms. The molecule has 60 valence electrons. The van der Waals surface area contributed by atoms with Crippen LogP contribution in [0.15, 0.2) is 0 Å². The van der Waals surface area contributed by atoms with Crippen LogP contribution in [0.2, 0.25) is 0 Å². The Kier molecular flexibility index (Phi) is 3.35. The smallest absolute Gasteiger partial charge is 0.0721 e. The summed E-state index contributed by atoms with van der Waals surface area (Å²) < 4.78 is 7.39. The Labute approximate surface area is 75.4 Å². The molecule has 3 nitrogen and oxygen atoms in total. The lowest BCUT2D eigenvalue weighted by molar-refractivity contribution is 0.0573. The number of rotatable bonds is 1. The maximum absolute atomic E-state index is 5.76. The number of piperidine rings is 1. The van der Waals surface area contributed by atoms with Crippen molar-refractivity contribution in [3.63, 3.8) is 0 Å². The molecule has 0 aliphatic carbocycles. The molecule has 0 saturated carbocycles. The van der Waals surface area contributed by atoms with Crippen molar-refractivity contribution in [3.8, 4) is 0 Å². The Bertz CT molecular complexity index is 102. The number of hydrogen-bond acceptors (Lipinski definition) is 3. The van der Waals surface area contributed by atoms with Gasteiger partial charge in [-0.1, -0.05) is 0 Å². The van der Waals surface area contributed by atoms with Crippen molar-refractivity contribution in [2.75, 3.05) is 20.2 Å². The fourth-order valence-electron chi connectivity index (χ4n) is 1.21. The summed E-state index contributed by atoms with van der Waals surface area (Å²) in [7, 11) is 1.74. The van der Waals surface area contributed by atoms with Gasteiger partial charge in [-0.05, 0) is 6.42 Å². The van der Waals surface area contributed by atoms with Gasteiger partial charge in [-0.15, -0.1) is 0 Å². The van der Waals surface area contributed by atoms with E-state index in [1.807, 2.05) is 0 Å². The van der Waals surface area contributed by atoms with Gasteiger partial charge in [0, 0.05) is 49.1 Å². The Morgan fingerprint density at radius 1 is 1.60 bits per heavy atom. The Hall–Kier alpha value is 0.610. The van der Waals surface area contributed by atoms with Crippen molar-refractivity contribution in [3.05, 3.63) is 0 Å². The van der Waals surface area contributed by atoms with Crippen LogP contribution in [0.1, 0.15) is 6.42 Å². The highest BCUT2D eigenvalue weighted by Gasteiger charge is 2.22. The molecule has 0 aromatic rings. The second-order valence-electron chi connectivity index (χ2n) is 2.68. The fourth-order valence-corrected chi connectivity index (χ4v) is 2.15. The third-order valence-corrected chi connectivity index (χ3v) is 2.52. The van der Waals surface area contributed by atoms with Crippen LogP contribution in [0.25, 0.3) is 0 Å². The molecule has 10 heavy (non-hydrogen) atoms. The largest absolute Gasteiger partial charge is 0.380 e. The predicted octanol–water partition coefficient (Wildman–Crippen LogP) is 0.384. The summed E-state index contributed by atoms with van der Waals surface area (Å²) in [5.41, 5.74) is 5.76. The number of ether oxygens (including phenoxy) is 1. The molecule has 0 unspecified atom stereocenters. The maximum atomic E-state index is 5.76. The van der Waals surface area contributed by atoms with Gasteiger partial charge in [-0.25, -0.2) is 3.11 Å². The molecule has 2 N–H and O–H groups in total. The number of nitrogens with two attached hydrogens (primary N) is 1. The van der Waals surface area contributed by atoms with E-state index in [4.69, 9.17) is 10.5 Å². The SMILES string of the molecule is CO[C@@H]1C[C@@H](N)CN(I)C1. The standard InChI is InChI=1S/C6H13IN2O/c1-10-6-2-5(8)3-9(7)4-6/h5-6H,2-4,8H2,1H3/t5-,6-/m1/s1. The lowest BCUT2D eigenvalue weighted by Crippen LogP contribution is -2.45. The van der Waals surface area contributed by atoms with Crippen LogP contribution in [-0.2, 0) is 4.74 Å². The highest BCUT2D eigenvalue weighted by Crippen LogP contribution is 2.14. The number of halogens is 1. The minimum atomic E-state index is 0.288. The lowest BCUT2D eigenvalue weighted by atomic mass is 10.1. The second kappa shape index (κ2) is 3.85. The molecular formula is C6H13IN2O. The number of methoxy groups -OCH3 is 1. The van der Waals surface area contributed by atoms with Gasteiger partial charge in [0.05, 0.1) is 6.10 Å². The van der Waals surface area contributed by atoms with Gasteiger partial charge in [0.2, 0.25) is 0 Å². The summed E-state index contributed by atoms with van der Waals surface area (Å²) in [6.45, 7) is 1.99. The molecule has 0 radical (unpaired) electrons. The van der Waals surface area contributed by atoms with Crippen LogP contribution in [0.3, 0.4) is 0 Å². The zero-order valence-corrected chi connectivity index (χ0v) is 8.24. The van der Waals surface area contributed by atoms with Crippen LogP contribution in [0.5, 0.6) is 0 Å². The van der Waals surface area contributed by atoms with Crippen LogP contribution >= 0.6 is 22.9 Å². The first kappa shape index (κ1) is 8.70. The van der Waals surface area contributed by atoms with Crippen LogP contribution in [0, 0.1) is 0 Å².